The van der Waals surface area contributed by atoms with Gasteiger partial charge in [-0.05, 0) is 37.3 Å². The fraction of sp³-hybridized carbons (Fsp3) is 0.667. The molecule has 0 aromatic carbocycles. The molecule has 2 rings (SSSR count). The van der Waals surface area contributed by atoms with E-state index in [9.17, 15) is 9.59 Å². The van der Waals surface area contributed by atoms with Gasteiger partial charge in [0, 0.05) is 5.92 Å². The van der Waals surface area contributed by atoms with Crippen LogP contribution in [0, 0.1) is 11.8 Å². The normalized spacial score (nSPS) is 17.0. The molecule has 1 unspecified atom stereocenters. The van der Waals surface area contributed by atoms with E-state index in [0.29, 0.717) is 24.6 Å². The van der Waals surface area contributed by atoms with E-state index in [1.165, 1.54) is 6.42 Å². The van der Waals surface area contributed by atoms with Crippen LogP contribution in [-0.4, -0.2) is 17.9 Å². The Balaban J connectivity index is 1.89. The molecule has 2 amide bonds. The van der Waals surface area contributed by atoms with Crippen molar-refractivity contribution in [1.82, 2.24) is 10.6 Å². The zero-order valence-corrected chi connectivity index (χ0v) is 14.1. The van der Waals surface area contributed by atoms with Crippen LogP contribution in [0.5, 0.6) is 0 Å². The SMILES string of the molecule is CC(C)CC(NC(=O)C1CCCCC1)C(=O)NCc1ccco1. The summed E-state index contributed by atoms with van der Waals surface area (Å²) < 4.78 is 5.22. The Morgan fingerprint density at radius 2 is 2.00 bits per heavy atom. The van der Waals surface area contributed by atoms with Crippen LogP contribution in [-0.2, 0) is 16.1 Å². The lowest BCUT2D eigenvalue weighted by molar-refractivity contribution is -0.132. The number of hydrogen-bond acceptors (Lipinski definition) is 3. The van der Waals surface area contributed by atoms with Crippen molar-refractivity contribution in [2.24, 2.45) is 11.8 Å². The first kappa shape index (κ1) is 17.6. The average Bonchev–Trinajstić information content (AvgIpc) is 3.05. The van der Waals surface area contributed by atoms with Gasteiger partial charge in [-0.3, -0.25) is 9.59 Å². The van der Waals surface area contributed by atoms with Crippen LogP contribution >= 0.6 is 0 Å². The monoisotopic (exact) mass is 320 g/mol. The molecule has 2 N–H and O–H groups in total. The van der Waals surface area contributed by atoms with Crippen LogP contribution in [0.1, 0.15) is 58.1 Å². The summed E-state index contributed by atoms with van der Waals surface area (Å²) in [6, 6.07) is 3.13. The number of nitrogens with one attached hydrogen (secondary N) is 2. The Kier molecular flexibility index (Phi) is 6.68. The van der Waals surface area contributed by atoms with E-state index in [-0.39, 0.29) is 17.7 Å². The fourth-order valence-corrected chi connectivity index (χ4v) is 3.07. The third-order valence-electron chi connectivity index (χ3n) is 4.33. The summed E-state index contributed by atoms with van der Waals surface area (Å²) in [5.41, 5.74) is 0. The third-order valence-corrected chi connectivity index (χ3v) is 4.33. The molecule has 5 heteroatoms. The van der Waals surface area contributed by atoms with Gasteiger partial charge in [0.05, 0.1) is 12.8 Å². The Labute approximate surface area is 138 Å². The largest absolute Gasteiger partial charge is 0.467 e. The molecule has 1 saturated carbocycles. The summed E-state index contributed by atoms with van der Waals surface area (Å²) in [5, 5.41) is 5.82. The number of amides is 2. The number of hydrogen-bond donors (Lipinski definition) is 2. The zero-order chi connectivity index (χ0) is 16.7. The molecule has 1 fully saturated rings. The zero-order valence-electron chi connectivity index (χ0n) is 14.1. The van der Waals surface area contributed by atoms with Crippen molar-refractivity contribution in [1.29, 1.82) is 0 Å². The van der Waals surface area contributed by atoms with Gasteiger partial charge < -0.3 is 15.1 Å². The molecule has 0 saturated heterocycles. The second-order valence-electron chi connectivity index (χ2n) is 6.82. The van der Waals surface area contributed by atoms with E-state index in [4.69, 9.17) is 4.42 Å². The summed E-state index contributed by atoms with van der Waals surface area (Å²) in [6.45, 7) is 4.46. The lowest BCUT2D eigenvalue weighted by Gasteiger charge is -2.25. The second kappa shape index (κ2) is 8.75. The summed E-state index contributed by atoms with van der Waals surface area (Å²) in [5.74, 6) is 1.00. The number of carbonyl (C=O) groups is 2. The Bertz CT molecular complexity index is 490. The molecule has 0 aliphatic heterocycles. The van der Waals surface area contributed by atoms with Gasteiger partial charge in [0.25, 0.3) is 0 Å². The van der Waals surface area contributed by atoms with Gasteiger partial charge in [-0.15, -0.1) is 0 Å². The number of rotatable bonds is 7. The maximum atomic E-state index is 12.4. The highest BCUT2D eigenvalue weighted by atomic mass is 16.3. The number of furan rings is 1. The van der Waals surface area contributed by atoms with Crippen molar-refractivity contribution in [3.05, 3.63) is 24.2 Å². The maximum Gasteiger partial charge on any atom is 0.242 e. The summed E-state index contributed by atoms with van der Waals surface area (Å²) in [6.07, 6.45) is 7.53. The number of carbonyl (C=O) groups excluding carboxylic acids is 2. The molecule has 1 aromatic rings. The Hall–Kier alpha value is -1.78. The van der Waals surface area contributed by atoms with Gasteiger partial charge in [-0.1, -0.05) is 33.1 Å². The first-order valence-corrected chi connectivity index (χ1v) is 8.66. The summed E-state index contributed by atoms with van der Waals surface area (Å²) >= 11 is 0. The molecular weight excluding hydrogens is 292 g/mol. The highest BCUT2D eigenvalue weighted by Gasteiger charge is 2.27. The van der Waals surface area contributed by atoms with Gasteiger partial charge in [0.2, 0.25) is 11.8 Å². The van der Waals surface area contributed by atoms with Crippen molar-refractivity contribution in [2.45, 2.75) is 65.0 Å². The van der Waals surface area contributed by atoms with Gasteiger partial charge in [0.15, 0.2) is 0 Å². The van der Waals surface area contributed by atoms with Crippen LogP contribution in [0.4, 0.5) is 0 Å². The minimum absolute atomic E-state index is 0.0310. The van der Waals surface area contributed by atoms with Crippen LogP contribution in [0.2, 0.25) is 0 Å². The van der Waals surface area contributed by atoms with Crippen molar-refractivity contribution < 1.29 is 14.0 Å². The molecule has 0 spiro atoms. The molecule has 1 aromatic heterocycles. The molecule has 5 nitrogen and oxygen atoms in total. The molecule has 1 aliphatic rings. The van der Waals surface area contributed by atoms with Crippen molar-refractivity contribution in [3.8, 4) is 0 Å². The summed E-state index contributed by atoms with van der Waals surface area (Å²) in [7, 11) is 0. The van der Waals surface area contributed by atoms with E-state index >= 15 is 0 Å². The van der Waals surface area contributed by atoms with Gasteiger partial charge in [-0.2, -0.15) is 0 Å². The van der Waals surface area contributed by atoms with Gasteiger partial charge in [-0.25, -0.2) is 0 Å². The fourth-order valence-electron chi connectivity index (χ4n) is 3.07. The predicted molar refractivity (Wildman–Crippen MR) is 88.5 cm³/mol. The first-order chi connectivity index (χ1) is 11.1. The van der Waals surface area contributed by atoms with E-state index in [1.54, 1.807) is 12.3 Å². The van der Waals surface area contributed by atoms with Gasteiger partial charge in [0.1, 0.15) is 11.8 Å². The molecule has 1 heterocycles. The maximum absolute atomic E-state index is 12.4. The van der Waals surface area contributed by atoms with Crippen molar-refractivity contribution >= 4 is 11.8 Å². The molecule has 0 radical (unpaired) electrons. The summed E-state index contributed by atoms with van der Waals surface area (Å²) in [4.78, 5) is 24.8. The second-order valence-corrected chi connectivity index (χ2v) is 6.82. The highest BCUT2D eigenvalue weighted by molar-refractivity contribution is 5.88. The Morgan fingerprint density at radius 3 is 2.61 bits per heavy atom. The van der Waals surface area contributed by atoms with E-state index in [0.717, 1.165) is 25.7 Å². The quantitative estimate of drug-likeness (QED) is 0.811. The van der Waals surface area contributed by atoms with Crippen molar-refractivity contribution in [3.63, 3.8) is 0 Å². The first-order valence-electron chi connectivity index (χ1n) is 8.66. The van der Waals surface area contributed by atoms with Gasteiger partial charge >= 0.3 is 0 Å². The molecular formula is C18H28N2O3. The van der Waals surface area contributed by atoms with E-state index in [1.807, 2.05) is 6.07 Å². The Morgan fingerprint density at radius 1 is 1.26 bits per heavy atom. The topological polar surface area (TPSA) is 71.3 Å². The smallest absolute Gasteiger partial charge is 0.242 e. The van der Waals surface area contributed by atoms with Crippen LogP contribution < -0.4 is 10.6 Å². The van der Waals surface area contributed by atoms with Crippen LogP contribution in [0.25, 0.3) is 0 Å². The third kappa shape index (κ3) is 5.73. The van der Waals surface area contributed by atoms with E-state index in [2.05, 4.69) is 24.5 Å². The molecule has 128 valence electrons. The van der Waals surface area contributed by atoms with Crippen LogP contribution in [0.3, 0.4) is 0 Å². The standard InChI is InChI=1S/C18H28N2O3/c1-13(2)11-16(18(22)19-12-15-9-6-10-23-15)20-17(21)14-7-4-3-5-8-14/h6,9-10,13-14,16H,3-5,7-8,11-12H2,1-2H3,(H,19,22)(H,20,21). The molecule has 1 atom stereocenters. The van der Waals surface area contributed by atoms with Crippen molar-refractivity contribution in [2.75, 3.05) is 0 Å². The minimum Gasteiger partial charge on any atom is -0.467 e. The van der Waals surface area contributed by atoms with Crippen LogP contribution in [0.15, 0.2) is 22.8 Å². The molecule has 0 bridgehead atoms. The highest BCUT2D eigenvalue weighted by Crippen LogP contribution is 2.24. The lowest BCUT2D eigenvalue weighted by Crippen LogP contribution is -2.49. The molecule has 23 heavy (non-hydrogen) atoms. The predicted octanol–water partition coefficient (Wildman–Crippen LogP) is 3.01. The molecule has 1 aliphatic carbocycles. The van der Waals surface area contributed by atoms with E-state index < -0.39 is 6.04 Å². The average molecular weight is 320 g/mol. The minimum atomic E-state index is -0.473. The lowest BCUT2D eigenvalue weighted by atomic mass is 9.88.